The lowest BCUT2D eigenvalue weighted by atomic mass is 9.95. The molecule has 1 amide bonds. The third-order valence-corrected chi connectivity index (χ3v) is 6.08. The number of aromatic nitrogens is 2. The van der Waals surface area contributed by atoms with Crippen LogP contribution in [0.3, 0.4) is 0 Å². The van der Waals surface area contributed by atoms with Crippen molar-refractivity contribution in [3.05, 3.63) is 66.0 Å². The van der Waals surface area contributed by atoms with Crippen molar-refractivity contribution in [3.8, 4) is 17.0 Å². The van der Waals surface area contributed by atoms with E-state index in [0.29, 0.717) is 55.3 Å². The number of rotatable bonds is 5. The molecule has 2 aromatic carbocycles. The summed E-state index contributed by atoms with van der Waals surface area (Å²) in [5.74, 6) is 0.141. The average molecular weight is 524 g/mol. The first-order chi connectivity index (χ1) is 17.4. The Kier molecular flexibility index (Phi) is 7.28. The van der Waals surface area contributed by atoms with Crippen molar-refractivity contribution in [1.82, 2.24) is 9.97 Å². The maximum Gasteiger partial charge on any atom is 0.416 e. The van der Waals surface area contributed by atoms with Crippen molar-refractivity contribution < 1.29 is 35.9 Å². The molecule has 0 unspecified atom stereocenters. The number of benzene rings is 2. The number of alkyl halides is 6. The predicted molar refractivity (Wildman–Crippen MR) is 124 cm³/mol. The van der Waals surface area contributed by atoms with Gasteiger partial charge in [-0.05, 0) is 55.3 Å². The SMILES string of the molecule is COc1ccc(-c2cc(N3CCC(C(=O)Nc4cc(C(F)(F)F)cc(C(F)(F)F)c4)CC3)ncn2)cc1. The smallest absolute Gasteiger partial charge is 0.416 e. The monoisotopic (exact) mass is 524 g/mol. The summed E-state index contributed by atoms with van der Waals surface area (Å²) in [7, 11) is 1.57. The second-order valence-corrected chi connectivity index (χ2v) is 8.54. The highest BCUT2D eigenvalue weighted by atomic mass is 19.4. The lowest BCUT2D eigenvalue weighted by Gasteiger charge is -2.32. The predicted octanol–water partition coefficient (Wildman–Crippen LogP) is 6.04. The fraction of sp³-hybridized carbons (Fsp3) is 0.320. The minimum absolute atomic E-state index is 0.0239. The largest absolute Gasteiger partial charge is 0.497 e. The van der Waals surface area contributed by atoms with Crippen LogP contribution in [-0.2, 0) is 17.1 Å². The number of piperidine rings is 1. The van der Waals surface area contributed by atoms with E-state index in [0.717, 1.165) is 5.56 Å². The van der Waals surface area contributed by atoms with Crippen LogP contribution in [0.15, 0.2) is 54.9 Å². The average Bonchev–Trinajstić information content (AvgIpc) is 2.87. The van der Waals surface area contributed by atoms with Crippen molar-refractivity contribution in [2.24, 2.45) is 5.92 Å². The van der Waals surface area contributed by atoms with Gasteiger partial charge in [-0.3, -0.25) is 4.79 Å². The molecule has 0 saturated carbocycles. The number of amides is 1. The van der Waals surface area contributed by atoms with E-state index in [-0.39, 0.29) is 6.07 Å². The topological polar surface area (TPSA) is 67.3 Å². The summed E-state index contributed by atoms with van der Waals surface area (Å²) in [4.78, 5) is 23.2. The van der Waals surface area contributed by atoms with Crippen molar-refractivity contribution in [2.75, 3.05) is 30.4 Å². The molecule has 0 atom stereocenters. The molecule has 1 aliphatic heterocycles. The summed E-state index contributed by atoms with van der Waals surface area (Å²) in [6, 6.07) is 10.2. The molecule has 12 heteroatoms. The molecular formula is C25H22F6N4O2. The molecule has 0 spiro atoms. The fourth-order valence-corrected chi connectivity index (χ4v) is 4.08. The normalized spacial score (nSPS) is 14.9. The van der Waals surface area contributed by atoms with E-state index in [1.807, 2.05) is 35.2 Å². The number of hydrogen-bond donors (Lipinski definition) is 1. The van der Waals surface area contributed by atoms with Gasteiger partial charge in [0, 0.05) is 36.3 Å². The molecule has 0 bridgehead atoms. The second kappa shape index (κ2) is 10.3. The van der Waals surface area contributed by atoms with Gasteiger partial charge in [0.25, 0.3) is 0 Å². The summed E-state index contributed by atoms with van der Waals surface area (Å²) < 4.78 is 83.8. The summed E-state index contributed by atoms with van der Waals surface area (Å²) in [5.41, 5.74) is -1.96. The van der Waals surface area contributed by atoms with Gasteiger partial charge in [0.15, 0.2) is 0 Å². The first-order valence-electron chi connectivity index (χ1n) is 11.3. The Morgan fingerprint density at radius 3 is 2.05 bits per heavy atom. The number of hydrogen-bond acceptors (Lipinski definition) is 5. The lowest BCUT2D eigenvalue weighted by molar-refractivity contribution is -0.143. The number of halogens is 6. The van der Waals surface area contributed by atoms with Crippen LogP contribution in [-0.4, -0.2) is 36.1 Å². The van der Waals surface area contributed by atoms with Crippen LogP contribution in [0.4, 0.5) is 37.8 Å². The number of nitrogens with one attached hydrogen (secondary N) is 1. The summed E-state index contributed by atoms with van der Waals surface area (Å²) in [6.07, 6.45) is -7.86. The van der Waals surface area contributed by atoms with Crippen molar-refractivity contribution >= 4 is 17.4 Å². The Labute approximate surface area is 208 Å². The molecule has 1 aliphatic rings. The second-order valence-electron chi connectivity index (χ2n) is 8.54. The van der Waals surface area contributed by atoms with E-state index < -0.39 is 41.0 Å². The van der Waals surface area contributed by atoms with Crippen LogP contribution in [0.25, 0.3) is 11.3 Å². The van der Waals surface area contributed by atoms with Gasteiger partial charge in [-0.1, -0.05) is 0 Å². The third kappa shape index (κ3) is 6.30. The number of carbonyl (C=O) groups is 1. The molecule has 37 heavy (non-hydrogen) atoms. The molecule has 1 fully saturated rings. The highest BCUT2D eigenvalue weighted by Gasteiger charge is 2.37. The molecule has 0 aliphatic carbocycles. The van der Waals surface area contributed by atoms with Crippen LogP contribution in [0.1, 0.15) is 24.0 Å². The quantitative estimate of drug-likeness (QED) is 0.412. The molecule has 0 radical (unpaired) electrons. The maximum absolute atomic E-state index is 13.1. The van der Waals surface area contributed by atoms with Crippen molar-refractivity contribution in [2.45, 2.75) is 25.2 Å². The third-order valence-electron chi connectivity index (χ3n) is 6.08. The minimum atomic E-state index is -4.99. The van der Waals surface area contributed by atoms with Crippen molar-refractivity contribution in [3.63, 3.8) is 0 Å². The highest BCUT2D eigenvalue weighted by Crippen LogP contribution is 2.38. The van der Waals surface area contributed by atoms with Gasteiger partial charge in [-0.15, -0.1) is 0 Å². The molecule has 4 rings (SSSR count). The molecule has 6 nitrogen and oxygen atoms in total. The molecule has 1 saturated heterocycles. The molecule has 196 valence electrons. The number of ether oxygens (including phenoxy) is 1. The zero-order valence-electron chi connectivity index (χ0n) is 19.5. The molecule has 1 aromatic heterocycles. The lowest BCUT2D eigenvalue weighted by Crippen LogP contribution is -2.38. The van der Waals surface area contributed by atoms with E-state index in [2.05, 4.69) is 15.3 Å². The van der Waals surface area contributed by atoms with Gasteiger partial charge < -0.3 is 15.0 Å². The number of anilines is 2. The van der Waals surface area contributed by atoms with Gasteiger partial charge in [0.05, 0.1) is 23.9 Å². The summed E-state index contributed by atoms with van der Waals surface area (Å²) >= 11 is 0. The Morgan fingerprint density at radius 2 is 1.51 bits per heavy atom. The van der Waals surface area contributed by atoms with Gasteiger partial charge in [-0.2, -0.15) is 26.3 Å². The Hall–Kier alpha value is -3.83. The van der Waals surface area contributed by atoms with E-state index in [4.69, 9.17) is 4.74 Å². The number of carbonyl (C=O) groups excluding carboxylic acids is 1. The van der Waals surface area contributed by atoms with Crippen molar-refractivity contribution in [1.29, 1.82) is 0 Å². The van der Waals surface area contributed by atoms with Gasteiger partial charge in [-0.25, -0.2) is 9.97 Å². The minimum Gasteiger partial charge on any atom is -0.497 e. The Morgan fingerprint density at radius 1 is 0.919 bits per heavy atom. The van der Waals surface area contributed by atoms with Gasteiger partial charge >= 0.3 is 12.4 Å². The fourth-order valence-electron chi connectivity index (χ4n) is 4.08. The first kappa shape index (κ1) is 26.2. The zero-order valence-corrected chi connectivity index (χ0v) is 19.5. The summed E-state index contributed by atoms with van der Waals surface area (Å²) in [5, 5.41) is 2.24. The van der Waals surface area contributed by atoms with E-state index >= 15 is 0 Å². The maximum atomic E-state index is 13.1. The molecular weight excluding hydrogens is 502 g/mol. The molecule has 2 heterocycles. The van der Waals surface area contributed by atoms with E-state index in [1.54, 1.807) is 7.11 Å². The standard InChI is InChI=1S/C25H22F6N4O2/c1-37-20-4-2-15(3-5-20)21-13-22(33-14-32-21)35-8-6-16(7-9-35)23(36)34-19-11-17(24(26,27)28)10-18(12-19)25(29,30)31/h2-5,10-14,16H,6-9H2,1H3,(H,34,36). The first-order valence-corrected chi connectivity index (χ1v) is 11.3. The van der Waals surface area contributed by atoms with Crippen LogP contribution >= 0.6 is 0 Å². The van der Waals surface area contributed by atoms with E-state index in [9.17, 15) is 31.1 Å². The van der Waals surface area contributed by atoms with Crippen LogP contribution < -0.4 is 15.0 Å². The number of methoxy groups -OCH3 is 1. The Bertz CT molecular complexity index is 1220. The summed E-state index contributed by atoms with van der Waals surface area (Å²) in [6.45, 7) is 0.848. The van der Waals surface area contributed by atoms with Gasteiger partial charge in [0.1, 0.15) is 17.9 Å². The van der Waals surface area contributed by atoms with E-state index in [1.165, 1.54) is 6.33 Å². The molecule has 3 aromatic rings. The molecule has 1 N–H and O–H groups in total. The van der Waals surface area contributed by atoms with Crippen LogP contribution in [0, 0.1) is 5.92 Å². The highest BCUT2D eigenvalue weighted by molar-refractivity contribution is 5.93. The number of nitrogens with zero attached hydrogens (tertiary/aromatic N) is 3. The Balaban J connectivity index is 1.42. The van der Waals surface area contributed by atoms with Crippen LogP contribution in [0.2, 0.25) is 0 Å². The van der Waals surface area contributed by atoms with Gasteiger partial charge in [0.2, 0.25) is 5.91 Å². The van der Waals surface area contributed by atoms with Crippen LogP contribution in [0.5, 0.6) is 5.75 Å². The zero-order chi connectivity index (χ0) is 26.8.